The number of aliphatic hydroxyl groups is 1. The van der Waals surface area contributed by atoms with Gasteiger partial charge in [0.2, 0.25) is 10.0 Å². The van der Waals surface area contributed by atoms with Crippen molar-refractivity contribution in [2.75, 3.05) is 20.1 Å². The molecule has 52 heavy (non-hydrogen) atoms. The van der Waals surface area contributed by atoms with Gasteiger partial charge in [0.15, 0.2) is 0 Å². The van der Waals surface area contributed by atoms with E-state index in [0.717, 1.165) is 29.1 Å². The SMILES string of the molecule is C=C(C)/C=C\C.CC.CC.CN(CC(O)CNC(C)(C)CC1Cc2ccccc2C1)S(=O)(=O)c1ccc(-c2cc(F)ccc2CCC(=O)O)c(Cl)c1. The normalized spacial score (nSPS) is 13.2. The van der Waals surface area contributed by atoms with Gasteiger partial charge in [-0.15, -0.1) is 0 Å². The number of carboxylic acids is 1. The number of β-amino-alcohol motifs (C(OH)–C–C–N with tert-alkyl or cyclic N) is 1. The van der Waals surface area contributed by atoms with E-state index in [2.05, 4.69) is 50.0 Å². The average Bonchev–Trinajstić information content (AvgIpc) is 3.50. The lowest BCUT2D eigenvalue weighted by molar-refractivity contribution is -0.136. The molecule has 7 nitrogen and oxygen atoms in total. The Labute approximate surface area is 317 Å². The molecular formula is C42H60ClFN2O5S. The third-order valence-electron chi connectivity index (χ3n) is 8.29. The molecule has 0 aliphatic heterocycles. The quantitative estimate of drug-likeness (QED) is 0.142. The Morgan fingerprint density at radius 2 is 1.65 bits per heavy atom. The summed E-state index contributed by atoms with van der Waals surface area (Å²) >= 11 is 6.49. The topological polar surface area (TPSA) is 107 Å². The molecule has 0 spiro atoms. The zero-order valence-electron chi connectivity index (χ0n) is 32.5. The summed E-state index contributed by atoms with van der Waals surface area (Å²) in [5, 5.41) is 23.3. The Morgan fingerprint density at radius 3 is 2.15 bits per heavy atom. The van der Waals surface area contributed by atoms with E-state index in [1.54, 1.807) is 0 Å². The largest absolute Gasteiger partial charge is 0.481 e. The Kier molecular flexibility index (Phi) is 20.3. The van der Waals surface area contributed by atoms with Crippen LogP contribution in [0.2, 0.25) is 5.02 Å². The number of fused-ring (bicyclic) bond motifs is 1. The molecule has 0 saturated carbocycles. The molecular weight excluding hydrogens is 699 g/mol. The number of hydrogen-bond acceptors (Lipinski definition) is 5. The summed E-state index contributed by atoms with van der Waals surface area (Å²) in [7, 11) is -2.59. The van der Waals surface area contributed by atoms with E-state index in [4.69, 9.17) is 16.7 Å². The fourth-order valence-electron chi connectivity index (χ4n) is 6.04. The standard InChI is InChI=1S/C32H38ClFN2O5S.C6H10.2C2H6/c1-32(2,18-21-14-23-6-4-5-7-24(23)15-21)35-19-26(37)20-36(3)42(40,41)27-11-12-28(30(33)17-27)29-16-25(34)10-8-22(29)9-13-31(38)39;1-4-5-6(2)3;2*1-2/h4-8,10-12,16-17,21,26,35,37H,9,13-15,18-20H2,1-3H3,(H,38,39);4-5H,2H2,1,3H3;2*1-2H3/b;5-4-;;. The third kappa shape index (κ3) is 15.0. The van der Waals surface area contributed by atoms with Gasteiger partial charge in [-0.05, 0) is 106 Å². The number of nitrogens with one attached hydrogen (secondary N) is 1. The number of halogens is 2. The van der Waals surface area contributed by atoms with Crippen LogP contribution in [0.4, 0.5) is 4.39 Å². The fraction of sp³-hybridized carbons (Fsp3) is 0.452. The number of aliphatic carboxylic acids is 1. The Morgan fingerprint density at radius 1 is 1.06 bits per heavy atom. The highest BCUT2D eigenvalue weighted by Crippen LogP contribution is 2.35. The van der Waals surface area contributed by atoms with Crippen LogP contribution in [0.15, 0.2) is 89.9 Å². The van der Waals surface area contributed by atoms with Gasteiger partial charge in [0.1, 0.15) is 5.82 Å². The summed E-state index contributed by atoms with van der Waals surface area (Å²) < 4.78 is 41.8. The maximum atomic E-state index is 14.1. The lowest BCUT2D eigenvalue weighted by Gasteiger charge is -2.31. The van der Waals surface area contributed by atoms with E-state index in [1.165, 1.54) is 54.6 Å². The summed E-state index contributed by atoms with van der Waals surface area (Å²) in [4.78, 5) is 11.0. The van der Waals surface area contributed by atoms with Gasteiger partial charge in [-0.25, -0.2) is 12.8 Å². The molecule has 1 aliphatic rings. The predicted octanol–water partition coefficient (Wildman–Crippen LogP) is 9.51. The number of aliphatic hydroxyl groups excluding tert-OH is 1. The second kappa shape index (κ2) is 22.7. The van der Waals surface area contributed by atoms with Crippen molar-refractivity contribution in [2.24, 2.45) is 5.92 Å². The highest BCUT2D eigenvalue weighted by molar-refractivity contribution is 7.89. The first-order chi connectivity index (χ1) is 24.5. The number of likely N-dealkylation sites (N-methyl/N-ethyl adjacent to an activating group) is 1. The molecule has 0 heterocycles. The minimum atomic E-state index is -3.99. The molecule has 0 bridgehead atoms. The number of benzene rings is 3. The van der Waals surface area contributed by atoms with Crippen LogP contribution in [-0.2, 0) is 34.1 Å². The Hall–Kier alpha value is -3.34. The van der Waals surface area contributed by atoms with Crippen molar-refractivity contribution < 1.29 is 27.8 Å². The molecule has 4 rings (SSSR count). The summed E-state index contributed by atoms with van der Waals surface area (Å²) in [5.41, 5.74) is 5.05. The molecule has 0 saturated heterocycles. The zero-order chi connectivity index (χ0) is 39.6. The number of sulfonamides is 1. The van der Waals surface area contributed by atoms with Crippen LogP contribution in [0.5, 0.6) is 0 Å². The number of hydrogen-bond donors (Lipinski definition) is 3. The second-order valence-electron chi connectivity index (χ2n) is 13.1. The maximum absolute atomic E-state index is 14.1. The summed E-state index contributed by atoms with van der Waals surface area (Å²) in [6, 6.07) is 16.7. The minimum absolute atomic E-state index is 0.0662. The van der Waals surface area contributed by atoms with Gasteiger partial charge < -0.3 is 15.5 Å². The number of rotatable bonds is 14. The zero-order valence-corrected chi connectivity index (χ0v) is 34.0. The first-order valence-electron chi connectivity index (χ1n) is 18.1. The van der Waals surface area contributed by atoms with Crippen LogP contribution in [0.1, 0.15) is 84.9 Å². The molecule has 1 atom stereocenters. The molecule has 3 aromatic rings. The molecule has 0 amide bonds. The Bertz CT molecular complexity index is 1700. The van der Waals surface area contributed by atoms with Gasteiger partial charge >= 0.3 is 5.97 Å². The van der Waals surface area contributed by atoms with Crippen LogP contribution in [0.3, 0.4) is 0 Å². The van der Waals surface area contributed by atoms with E-state index in [9.17, 15) is 22.7 Å². The Balaban J connectivity index is 0.00000121. The summed E-state index contributed by atoms with van der Waals surface area (Å²) in [6.45, 7) is 19.9. The monoisotopic (exact) mass is 758 g/mol. The van der Waals surface area contributed by atoms with Crippen LogP contribution in [0, 0.1) is 11.7 Å². The lowest BCUT2D eigenvalue weighted by Crippen LogP contribution is -2.47. The molecule has 3 aromatic carbocycles. The van der Waals surface area contributed by atoms with E-state index in [1.807, 2.05) is 53.7 Å². The van der Waals surface area contributed by atoms with E-state index in [0.29, 0.717) is 22.6 Å². The van der Waals surface area contributed by atoms with Crippen molar-refractivity contribution >= 4 is 27.6 Å². The first-order valence-corrected chi connectivity index (χ1v) is 19.9. The van der Waals surface area contributed by atoms with Gasteiger partial charge in [-0.3, -0.25) is 4.79 Å². The first kappa shape index (κ1) is 46.7. The van der Waals surface area contributed by atoms with Gasteiger partial charge in [-0.2, -0.15) is 4.31 Å². The van der Waals surface area contributed by atoms with Gasteiger partial charge in [0.25, 0.3) is 0 Å². The van der Waals surface area contributed by atoms with Crippen LogP contribution in [0.25, 0.3) is 11.1 Å². The van der Waals surface area contributed by atoms with Crippen molar-refractivity contribution in [3.8, 4) is 11.1 Å². The number of aryl methyl sites for hydroxylation is 1. The molecule has 10 heteroatoms. The van der Waals surface area contributed by atoms with Crippen LogP contribution >= 0.6 is 11.6 Å². The second-order valence-corrected chi connectivity index (χ2v) is 15.6. The highest BCUT2D eigenvalue weighted by Gasteiger charge is 2.29. The molecule has 0 aromatic heterocycles. The molecule has 0 fully saturated rings. The van der Waals surface area contributed by atoms with Crippen molar-refractivity contribution in [3.05, 3.63) is 112 Å². The summed E-state index contributed by atoms with van der Waals surface area (Å²) in [5.74, 6) is -0.990. The van der Waals surface area contributed by atoms with Crippen molar-refractivity contribution in [3.63, 3.8) is 0 Å². The molecule has 1 unspecified atom stereocenters. The number of carboxylic acid groups (broad SMARTS) is 1. The number of carbonyl (C=O) groups is 1. The van der Waals surface area contributed by atoms with Gasteiger partial charge in [-0.1, -0.05) is 100.0 Å². The number of allylic oxidation sites excluding steroid dienone is 3. The van der Waals surface area contributed by atoms with E-state index < -0.39 is 27.9 Å². The molecule has 1 aliphatic carbocycles. The minimum Gasteiger partial charge on any atom is -0.481 e. The van der Waals surface area contributed by atoms with Crippen molar-refractivity contribution in [1.82, 2.24) is 9.62 Å². The fourth-order valence-corrected chi connectivity index (χ4v) is 7.62. The van der Waals surface area contributed by atoms with E-state index in [-0.39, 0.29) is 41.4 Å². The third-order valence-corrected chi connectivity index (χ3v) is 10.4. The lowest BCUT2D eigenvalue weighted by atomic mass is 9.88. The van der Waals surface area contributed by atoms with E-state index >= 15 is 0 Å². The molecule has 3 N–H and O–H groups in total. The smallest absolute Gasteiger partial charge is 0.303 e. The van der Waals surface area contributed by atoms with Crippen molar-refractivity contribution in [1.29, 1.82) is 0 Å². The number of nitrogens with zero attached hydrogens (tertiary/aromatic N) is 1. The molecule has 0 radical (unpaired) electrons. The average molecular weight is 759 g/mol. The predicted molar refractivity (Wildman–Crippen MR) is 215 cm³/mol. The molecule has 288 valence electrons. The van der Waals surface area contributed by atoms with Gasteiger partial charge in [0.05, 0.1) is 11.0 Å². The van der Waals surface area contributed by atoms with Crippen molar-refractivity contribution in [2.45, 2.75) is 104 Å². The highest BCUT2D eigenvalue weighted by atomic mass is 35.5. The summed E-state index contributed by atoms with van der Waals surface area (Å²) in [6.07, 6.45) is 6.03. The van der Waals surface area contributed by atoms with Crippen LogP contribution in [-0.4, -0.2) is 60.7 Å². The van der Waals surface area contributed by atoms with Crippen LogP contribution < -0.4 is 5.32 Å². The maximum Gasteiger partial charge on any atom is 0.303 e. The van der Waals surface area contributed by atoms with Gasteiger partial charge in [0, 0.05) is 42.7 Å².